The molecule has 0 radical (unpaired) electrons. The average Bonchev–Trinajstić information content (AvgIpc) is 2.72. The SMILES string of the molecule is O=c1c(C2=NS(=O)(=O)c3cc(N[SH](=O)=O)ccc3N2)c(O)c2ccccc2n1NC1CCC1. The summed E-state index contributed by atoms with van der Waals surface area (Å²) in [7, 11) is -7.29. The van der Waals surface area contributed by atoms with Crippen LogP contribution in [0.25, 0.3) is 10.9 Å². The van der Waals surface area contributed by atoms with Crippen LogP contribution >= 0.6 is 0 Å². The van der Waals surface area contributed by atoms with Crippen molar-refractivity contribution in [1.29, 1.82) is 0 Å². The summed E-state index contributed by atoms with van der Waals surface area (Å²) in [6, 6.07) is 10.7. The van der Waals surface area contributed by atoms with Gasteiger partial charge in [0.2, 0.25) is 10.9 Å². The molecule has 172 valence electrons. The van der Waals surface area contributed by atoms with Gasteiger partial charge in [-0.3, -0.25) is 9.52 Å². The first-order chi connectivity index (χ1) is 15.7. The van der Waals surface area contributed by atoms with Gasteiger partial charge in [-0.2, -0.15) is 8.42 Å². The van der Waals surface area contributed by atoms with Gasteiger partial charge in [-0.05, 0) is 49.6 Å². The number of benzene rings is 2. The number of nitrogens with one attached hydrogen (secondary N) is 3. The van der Waals surface area contributed by atoms with Gasteiger partial charge in [0.15, 0.2) is 5.84 Å². The van der Waals surface area contributed by atoms with Crippen molar-refractivity contribution in [2.24, 2.45) is 4.40 Å². The molecule has 11 nitrogen and oxygen atoms in total. The van der Waals surface area contributed by atoms with Crippen LogP contribution < -0.4 is 21.0 Å². The normalized spacial score (nSPS) is 17.1. The first-order valence-corrected chi connectivity index (χ1v) is 12.7. The smallest absolute Gasteiger partial charge is 0.286 e. The second kappa shape index (κ2) is 7.78. The molecular weight excluding hydrogens is 470 g/mol. The molecule has 1 aliphatic heterocycles. The fourth-order valence-electron chi connectivity index (χ4n) is 3.83. The molecule has 0 atom stereocenters. The minimum Gasteiger partial charge on any atom is -0.506 e. The molecule has 1 aliphatic carbocycles. The zero-order chi connectivity index (χ0) is 23.3. The Kier molecular flexibility index (Phi) is 5.01. The monoisotopic (exact) mass is 489 g/mol. The highest BCUT2D eigenvalue weighted by Gasteiger charge is 2.31. The predicted octanol–water partition coefficient (Wildman–Crippen LogP) is 1.30. The van der Waals surface area contributed by atoms with Crippen molar-refractivity contribution in [3.05, 3.63) is 58.4 Å². The maximum absolute atomic E-state index is 13.4. The van der Waals surface area contributed by atoms with Crippen LogP contribution in [-0.4, -0.2) is 38.5 Å². The van der Waals surface area contributed by atoms with Gasteiger partial charge in [0.1, 0.15) is 16.2 Å². The van der Waals surface area contributed by atoms with E-state index in [-0.39, 0.29) is 33.7 Å². The van der Waals surface area contributed by atoms with E-state index in [9.17, 15) is 26.7 Å². The minimum atomic E-state index is -4.30. The van der Waals surface area contributed by atoms with E-state index in [0.717, 1.165) is 25.3 Å². The quantitative estimate of drug-likeness (QED) is 0.336. The van der Waals surface area contributed by atoms with Gasteiger partial charge in [-0.1, -0.05) is 12.1 Å². The highest BCUT2D eigenvalue weighted by atomic mass is 32.2. The summed E-state index contributed by atoms with van der Waals surface area (Å²) in [5.74, 6) is -0.718. The summed E-state index contributed by atoms with van der Waals surface area (Å²) in [6.07, 6.45) is 2.82. The van der Waals surface area contributed by atoms with Crippen molar-refractivity contribution >= 4 is 49.0 Å². The molecule has 0 bridgehead atoms. The summed E-state index contributed by atoms with van der Waals surface area (Å²) in [4.78, 5) is 13.2. The van der Waals surface area contributed by atoms with Crippen molar-refractivity contribution in [2.75, 3.05) is 15.5 Å². The molecule has 13 heteroatoms. The maximum Gasteiger partial charge on any atom is 0.286 e. The Bertz CT molecular complexity index is 1560. The molecular formula is C20H19N5O6S2. The van der Waals surface area contributed by atoms with Crippen molar-refractivity contribution < 1.29 is 21.9 Å². The third-order valence-corrected chi connectivity index (χ3v) is 7.41. The van der Waals surface area contributed by atoms with Crippen molar-refractivity contribution in [2.45, 2.75) is 30.2 Å². The Hall–Kier alpha value is -3.58. The van der Waals surface area contributed by atoms with Gasteiger partial charge in [0.05, 0.1) is 11.2 Å². The van der Waals surface area contributed by atoms with Crippen LogP contribution in [0.5, 0.6) is 5.75 Å². The Morgan fingerprint density at radius 2 is 1.91 bits per heavy atom. The molecule has 33 heavy (non-hydrogen) atoms. The molecule has 2 heterocycles. The Morgan fingerprint density at radius 3 is 2.61 bits per heavy atom. The Balaban J connectivity index is 1.68. The number of rotatable bonds is 5. The van der Waals surface area contributed by atoms with Crippen LogP contribution in [0.15, 0.2) is 56.6 Å². The number of sulfonamides is 1. The first-order valence-electron chi connectivity index (χ1n) is 10.1. The molecule has 2 aromatic carbocycles. The number of thiol groups is 1. The van der Waals surface area contributed by atoms with Crippen LogP contribution in [0.3, 0.4) is 0 Å². The van der Waals surface area contributed by atoms with Gasteiger partial charge in [-0.15, -0.1) is 4.40 Å². The lowest BCUT2D eigenvalue weighted by Gasteiger charge is -2.29. The van der Waals surface area contributed by atoms with Crippen LogP contribution in [0.1, 0.15) is 24.8 Å². The fraction of sp³-hybridized carbons (Fsp3) is 0.200. The molecule has 1 saturated carbocycles. The fourth-order valence-corrected chi connectivity index (χ4v) is 5.33. The van der Waals surface area contributed by atoms with E-state index in [1.807, 2.05) is 0 Å². The second-order valence-electron chi connectivity index (χ2n) is 7.76. The number of amidine groups is 1. The number of pyridine rings is 1. The molecule has 3 aromatic rings. The molecule has 0 saturated heterocycles. The standard InChI is InChI=1S/C20H19N5O6S2/c26-18-13-6-1-2-7-15(13)25(22-11-4-3-5-11)20(27)17(18)19-21-14-9-8-12(23-32(28)29)10-16(14)33(30,31)24-19/h1-2,6-11,22,26,32H,3-5H2,(H,21,24)(H,23,28,29). The topological polar surface area (TPSA) is 159 Å². The number of hydrogen-bond donors (Lipinski definition) is 5. The number of hydrogen-bond acceptors (Lipinski definition) is 8. The van der Waals surface area contributed by atoms with Crippen LogP contribution in [-0.2, 0) is 20.9 Å². The molecule has 4 N–H and O–H groups in total. The van der Waals surface area contributed by atoms with Gasteiger partial charge >= 0.3 is 0 Å². The molecule has 1 fully saturated rings. The molecule has 0 amide bonds. The van der Waals surface area contributed by atoms with E-state index in [1.165, 1.54) is 16.8 Å². The van der Waals surface area contributed by atoms with Crippen LogP contribution in [0.2, 0.25) is 0 Å². The van der Waals surface area contributed by atoms with E-state index >= 15 is 0 Å². The first kappa shape index (κ1) is 21.3. The lowest BCUT2D eigenvalue weighted by atomic mass is 9.94. The summed E-state index contributed by atoms with van der Waals surface area (Å²) in [5.41, 5.74) is 2.82. The van der Waals surface area contributed by atoms with Crippen molar-refractivity contribution in [1.82, 2.24) is 4.68 Å². The van der Waals surface area contributed by atoms with E-state index in [4.69, 9.17) is 0 Å². The van der Waals surface area contributed by atoms with Gasteiger partial charge in [0.25, 0.3) is 15.6 Å². The van der Waals surface area contributed by atoms with E-state index in [2.05, 4.69) is 19.9 Å². The number of anilines is 2. The lowest BCUT2D eigenvalue weighted by molar-refractivity contribution is 0.414. The zero-order valence-electron chi connectivity index (χ0n) is 17.0. The van der Waals surface area contributed by atoms with E-state index in [1.54, 1.807) is 24.3 Å². The summed E-state index contributed by atoms with van der Waals surface area (Å²) >= 11 is 0. The third kappa shape index (κ3) is 3.68. The molecule has 2 aliphatic rings. The molecule has 0 spiro atoms. The number of aromatic hydroxyl groups is 1. The highest BCUT2D eigenvalue weighted by Crippen LogP contribution is 2.34. The van der Waals surface area contributed by atoms with E-state index < -0.39 is 32.2 Å². The van der Waals surface area contributed by atoms with E-state index in [0.29, 0.717) is 10.9 Å². The summed E-state index contributed by atoms with van der Waals surface area (Å²) in [5, 5.41) is 14.1. The van der Waals surface area contributed by atoms with Crippen LogP contribution in [0.4, 0.5) is 11.4 Å². The predicted molar refractivity (Wildman–Crippen MR) is 125 cm³/mol. The molecule has 0 unspecified atom stereocenters. The van der Waals surface area contributed by atoms with Crippen LogP contribution in [0, 0.1) is 0 Å². The Labute approximate surface area is 189 Å². The van der Waals surface area contributed by atoms with Crippen molar-refractivity contribution in [3.8, 4) is 5.75 Å². The van der Waals surface area contributed by atoms with Gasteiger partial charge in [-0.25, -0.2) is 13.1 Å². The number of nitrogens with zero attached hydrogens (tertiary/aromatic N) is 2. The summed E-state index contributed by atoms with van der Waals surface area (Å²) in [6.45, 7) is 0. The number of para-hydroxylation sites is 1. The Morgan fingerprint density at radius 1 is 1.15 bits per heavy atom. The number of aromatic nitrogens is 1. The highest BCUT2D eigenvalue weighted by molar-refractivity contribution is 7.90. The van der Waals surface area contributed by atoms with Gasteiger partial charge in [0, 0.05) is 17.1 Å². The lowest BCUT2D eigenvalue weighted by Crippen LogP contribution is -2.42. The number of fused-ring (bicyclic) bond motifs is 2. The largest absolute Gasteiger partial charge is 0.506 e. The van der Waals surface area contributed by atoms with Crippen molar-refractivity contribution in [3.63, 3.8) is 0 Å². The molecule has 1 aromatic heterocycles. The second-order valence-corrected chi connectivity index (χ2v) is 10.1. The molecule has 5 rings (SSSR count). The zero-order valence-corrected chi connectivity index (χ0v) is 18.7. The minimum absolute atomic E-state index is 0.0505. The van der Waals surface area contributed by atoms with Gasteiger partial charge < -0.3 is 15.8 Å². The summed E-state index contributed by atoms with van der Waals surface area (Å²) < 4.78 is 54.8. The third-order valence-electron chi connectivity index (χ3n) is 5.65. The average molecular weight is 490 g/mol. The maximum atomic E-state index is 13.4.